The van der Waals surface area contributed by atoms with Crippen molar-refractivity contribution in [2.45, 2.75) is 25.7 Å². The minimum Gasteiger partial charge on any atom is -0.383 e. The molecule has 1 fully saturated rings. The van der Waals surface area contributed by atoms with Gasteiger partial charge in [-0.05, 0) is 48.2 Å². The zero-order valence-electron chi connectivity index (χ0n) is 21.0. The minimum atomic E-state index is -0.195. The number of rotatable bonds is 9. The highest BCUT2D eigenvalue weighted by Gasteiger charge is 2.35. The number of hydrogen-bond acceptors (Lipinski definition) is 5. The van der Waals surface area contributed by atoms with Crippen LogP contribution in [0.3, 0.4) is 0 Å². The number of fused-ring (bicyclic) bond motifs is 1. The highest BCUT2D eigenvalue weighted by atomic mass is 19.1. The van der Waals surface area contributed by atoms with Crippen molar-refractivity contribution in [1.82, 2.24) is 24.1 Å². The zero-order chi connectivity index (χ0) is 25.2. The Labute approximate surface area is 210 Å². The van der Waals surface area contributed by atoms with Crippen LogP contribution in [0, 0.1) is 18.7 Å². The lowest BCUT2D eigenvalue weighted by molar-refractivity contribution is -0.119. The standard InChI is InChI=1S/C28H32FN5O2/c1-19-13-20(7-8-25(19)29)24-18-33(11-12-36-3)17-21(24)14-23(35)15-22-16-26(31-32(22)2)27-5-4-6-28-30-9-10-34(27)28/h4-10,13,16,21,24H,11-12,14-15,17-18H2,1-3H3/t21-,24+/m1/s1. The fourth-order valence-electron chi connectivity index (χ4n) is 5.37. The van der Waals surface area contributed by atoms with Gasteiger partial charge in [0.05, 0.1) is 12.3 Å². The van der Waals surface area contributed by atoms with Crippen LogP contribution in [0.15, 0.2) is 54.9 Å². The van der Waals surface area contributed by atoms with Crippen molar-refractivity contribution in [3.8, 4) is 11.4 Å². The molecule has 0 amide bonds. The Morgan fingerprint density at radius 2 is 2.06 bits per heavy atom. The van der Waals surface area contributed by atoms with Gasteiger partial charge in [0.25, 0.3) is 0 Å². The lowest BCUT2D eigenvalue weighted by Gasteiger charge is -2.19. The maximum atomic E-state index is 13.9. The monoisotopic (exact) mass is 489 g/mol. The van der Waals surface area contributed by atoms with Crippen LogP contribution in [-0.2, 0) is 23.0 Å². The van der Waals surface area contributed by atoms with Crippen LogP contribution < -0.4 is 0 Å². The number of methoxy groups -OCH3 is 1. The van der Waals surface area contributed by atoms with E-state index < -0.39 is 0 Å². The van der Waals surface area contributed by atoms with E-state index in [0.29, 0.717) is 25.0 Å². The van der Waals surface area contributed by atoms with Gasteiger partial charge in [-0.25, -0.2) is 9.37 Å². The van der Waals surface area contributed by atoms with Crippen molar-refractivity contribution in [2.75, 3.05) is 33.4 Å². The van der Waals surface area contributed by atoms with E-state index in [1.165, 1.54) is 0 Å². The summed E-state index contributed by atoms with van der Waals surface area (Å²) < 4.78 is 23.0. The second kappa shape index (κ2) is 10.3. The maximum absolute atomic E-state index is 13.9. The molecule has 2 atom stereocenters. The molecular formula is C28H32FN5O2. The molecule has 1 aliphatic heterocycles. The highest BCUT2D eigenvalue weighted by Crippen LogP contribution is 2.36. The highest BCUT2D eigenvalue weighted by molar-refractivity contribution is 5.81. The van der Waals surface area contributed by atoms with Crippen LogP contribution in [0.25, 0.3) is 17.0 Å². The Bertz CT molecular complexity index is 1380. The number of carbonyl (C=O) groups excluding carboxylic acids is 1. The van der Waals surface area contributed by atoms with Crippen molar-refractivity contribution in [3.63, 3.8) is 0 Å². The number of ether oxygens (including phenoxy) is 1. The van der Waals surface area contributed by atoms with Crippen LogP contribution in [0.1, 0.15) is 29.2 Å². The third-order valence-electron chi connectivity index (χ3n) is 7.27. The molecule has 0 spiro atoms. The number of imidazole rings is 1. The topological polar surface area (TPSA) is 64.7 Å². The predicted molar refractivity (Wildman–Crippen MR) is 136 cm³/mol. The molecule has 36 heavy (non-hydrogen) atoms. The van der Waals surface area contributed by atoms with Crippen LogP contribution in [0.2, 0.25) is 0 Å². The molecule has 4 heterocycles. The molecule has 4 aromatic rings. The summed E-state index contributed by atoms with van der Waals surface area (Å²) in [5, 5.41) is 4.68. The number of Topliss-reactive ketones (excluding diaryl/α,β-unsaturated/α-hetero) is 1. The summed E-state index contributed by atoms with van der Waals surface area (Å²) in [6.45, 7) is 4.94. The molecule has 5 rings (SSSR count). The Morgan fingerprint density at radius 1 is 1.19 bits per heavy atom. The molecule has 0 unspecified atom stereocenters. The van der Waals surface area contributed by atoms with Gasteiger partial charge in [-0.2, -0.15) is 5.10 Å². The number of likely N-dealkylation sites (tertiary alicyclic amines) is 1. The van der Waals surface area contributed by atoms with E-state index in [2.05, 4.69) is 15.0 Å². The van der Waals surface area contributed by atoms with Gasteiger partial charge in [-0.15, -0.1) is 0 Å². The number of aryl methyl sites for hydroxylation is 2. The number of hydrogen-bond donors (Lipinski definition) is 0. The number of halogens is 1. The second-order valence-electron chi connectivity index (χ2n) is 9.76. The van der Waals surface area contributed by atoms with Crippen LogP contribution in [-0.4, -0.2) is 63.2 Å². The van der Waals surface area contributed by atoms with Gasteiger partial charge in [-0.1, -0.05) is 18.2 Å². The fourth-order valence-corrected chi connectivity index (χ4v) is 5.37. The molecule has 1 aliphatic rings. The van der Waals surface area contributed by atoms with Gasteiger partial charge in [0.15, 0.2) is 0 Å². The summed E-state index contributed by atoms with van der Waals surface area (Å²) in [6, 6.07) is 13.3. The van der Waals surface area contributed by atoms with Crippen LogP contribution >= 0.6 is 0 Å². The minimum absolute atomic E-state index is 0.173. The fraction of sp³-hybridized carbons (Fsp3) is 0.393. The van der Waals surface area contributed by atoms with E-state index in [1.807, 2.05) is 54.0 Å². The number of pyridine rings is 1. The largest absolute Gasteiger partial charge is 0.383 e. The second-order valence-corrected chi connectivity index (χ2v) is 9.76. The van der Waals surface area contributed by atoms with E-state index in [1.54, 1.807) is 31.0 Å². The first-order valence-corrected chi connectivity index (χ1v) is 12.4. The number of aromatic nitrogens is 4. The van der Waals surface area contributed by atoms with Gasteiger partial charge < -0.3 is 9.64 Å². The van der Waals surface area contributed by atoms with Gasteiger partial charge >= 0.3 is 0 Å². The summed E-state index contributed by atoms with van der Waals surface area (Å²) in [6.07, 6.45) is 4.48. The summed E-state index contributed by atoms with van der Waals surface area (Å²) in [7, 11) is 3.58. The van der Waals surface area contributed by atoms with Crippen molar-refractivity contribution in [2.24, 2.45) is 13.0 Å². The molecule has 0 bridgehead atoms. The molecule has 188 valence electrons. The van der Waals surface area contributed by atoms with Crippen molar-refractivity contribution < 1.29 is 13.9 Å². The van der Waals surface area contributed by atoms with Gasteiger partial charge in [0, 0.05) is 70.6 Å². The summed E-state index contributed by atoms with van der Waals surface area (Å²) >= 11 is 0. The lowest BCUT2D eigenvalue weighted by Crippen LogP contribution is -2.25. The normalized spacial score (nSPS) is 18.3. The number of carbonyl (C=O) groups is 1. The van der Waals surface area contributed by atoms with E-state index in [9.17, 15) is 9.18 Å². The van der Waals surface area contributed by atoms with Gasteiger partial charge in [0.2, 0.25) is 0 Å². The molecule has 0 aliphatic carbocycles. The number of nitrogens with zero attached hydrogens (tertiary/aromatic N) is 5. The molecular weight excluding hydrogens is 457 g/mol. The van der Waals surface area contributed by atoms with E-state index in [-0.39, 0.29) is 23.4 Å². The average molecular weight is 490 g/mol. The van der Waals surface area contributed by atoms with Crippen LogP contribution in [0.5, 0.6) is 0 Å². The molecule has 0 saturated carbocycles. The molecule has 3 aromatic heterocycles. The molecule has 0 radical (unpaired) electrons. The summed E-state index contributed by atoms with van der Waals surface area (Å²) in [5.74, 6) is 0.351. The summed E-state index contributed by atoms with van der Waals surface area (Å²) in [5.41, 5.74) is 5.24. The quantitative estimate of drug-likeness (QED) is 0.355. The smallest absolute Gasteiger partial charge is 0.139 e. The van der Waals surface area contributed by atoms with Crippen molar-refractivity contribution >= 4 is 11.4 Å². The van der Waals surface area contributed by atoms with Crippen LogP contribution in [0.4, 0.5) is 4.39 Å². The van der Waals surface area contributed by atoms with E-state index in [4.69, 9.17) is 4.74 Å². The Hall–Kier alpha value is -3.36. The predicted octanol–water partition coefficient (Wildman–Crippen LogP) is 4.05. The first-order chi connectivity index (χ1) is 17.4. The van der Waals surface area contributed by atoms with Crippen molar-refractivity contribution in [1.29, 1.82) is 0 Å². The molecule has 1 aromatic carbocycles. The molecule has 0 N–H and O–H groups in total. The Morgan fingerprint density at radius 3 is 2.86 bits per heavy atom. The number of benzene rings is 1. The molecule has 1 saturated heterocycles. The zero-order valence-corrected chi connectivity index (χ0v) is 21.0. The Balaban J connectivity index is 1.32. The lowest BCUT2D eigenvalue weighted by atomic mass is 9.84. The van der Waals surface area contributed by atoms with Crippen molar-refractivity contribution in [3.05, 3.63) is 77.5 Å². The Kier molecular flexibility index (Phi) is 6.98. The third-order valence-corrected chi connectivity index (χ3v) is 7.27. The van der Waals surface area contributed by atoms with E-state index in [0.717, 1.165) is 47.9 Å². The van der Waals surface area contributed by atoms with Gasteiger partial charge in [-0.3, -0.25) is 13.9 Å². The number of ketones is 1. The first kappa shape index (κ1) is 24.3. The van der Waals surface area contributed by atoms with Gasteiger partial charge in [0.1, 0.15) is 22.9 Å². The first-order valence-electron chi connectivity index (χ1n) is 12.4. The maximum Gasteiger partial charge on any atom is 0.139 e. The SMILES string of the molecule is COCCN1C[C@@H](CC(=O)Cc2cc(-c3cccc4nccn34)nn2C)[C@H](c2ccc(F)c(C)c2)C1. The average Bonchev–Trinajstić information content (AvgIpc) is 3.58. The molecule has 8 heteroatoms. The third kappa shape index (κ3) is 4.96. The summed E-state index contributed by atoms with van der Waals surface area (Å²) in [4.78, 5) is 20.0. The van der Waals surface area contributed by atoms with E-state index >= 15 is 0 Å². The molecule has 7 nitrogen and oxygen atoms in total.